The van der Waals surface area contributed by atoms with Crippen molar-refractivity contribution in [2.75, 3.05) is 31.6 Å². The number of fused-ring (bicyclic) bond motifs is 1. The molecule has 2 aliphatic rings. The molecule has 0 spiro atoms. The Bertz CT molecular complexity index is 692. The van der Waals surface area contributed by atoms with Crippen LogP contribution in [0.4, 0.5) is 5.00 Å². The maximum Gasteiger partial charge on any atom is 0.341 e. The summed E-state index contributed by atoms with van der Waals surface area (Å²) in [7, 11) is 0. The third-order valence-corrected chi connectivity index (χ3v) is 6.44. The van der Waals surface area contributed by atoms with Crippen molar-refractivity contribution in [2.24, 2.45) is 5.92 Å². The van der Waals surface area contributed by atoms with Gasteiger partial charge in [-0.15, -0.1) is 11.3 Å². The van der Waals surface area contributed by atoms with Crippen LogP contribution >= 0.6 is 11.3 Å². The topological polar surface area (TPSA) is 69.1 Å². The fourth-order valence-corrected chi connectivity index (χ4v) is 5.60. The summed E-state index contributed by atoms with van der Waals surface area (Å²) in [6, 6.07) is 0. The van der Waals surface area contributed by atoms with Gasteiger partial charge in [-0.3, -0.25) is 4.79 Å². The number of rotatable bonds is 5. The zero-order chi connectivity index (χ0) is 19.6. The molecule has 0 radical (unpaired) electrons. The lowest BCUT2D eigenvalue weighted by atomic mass is 9.88. The summed E-state index contributed by atoms with van der Waals surface area (Å²) in [6.45, 7) is 10.5. The molecule has 1 aliphatic carbocycles. The Kier molecular flexibility index (Phi) is 6.55. The van der Waals surface area contributed by atoms with Gasteiger partial charge in [-0.25, -0.2) is 4.79 Å². The summed E-state index contributed by atoms with van der Waals surface area (Å²) in [5.74, 6) is 0.236. The van der Waals surface area contributed by atoms with E-state index < -0.39 is 0 Å². The highest BCUT2D eigenvalue weighted by molar-refractivity contribution is 7.17. The number of morpholine rings is 1. The molecule has 0 saturated carbocycles. The van der Waals surface area contributed by atoms with Gasteiger partial charge in [0.1, 0.15) is 30.3 Å². The summed E-state index contributed by atoms with van der Waals surface area (Å²) in [6.07, 6.45) is 3.22. The van der Waals surface area contributed by atoms with Crippen molar-refractivity contribution in [2.45, 2.75) is 59.2 Å². The molecule has 1 saturated heterocycles. The number of hydrogen-bond acceptors (Lipinski definition) is 5. The van der Waals surface area contributed by atoms with Gasteiger partial charge in [-0.1, -0.05) is 6.92 Å². The minimum atomic E-state index is -0.319. The first-order chi connectivity index (χ1) is 12.9. The van der Waals surface area contributed by atoms with Crippen LogP contribution in [-0.2, 0) is 27.1 Å². The fraction of sp³-hybridized carbons (Fsp3) is 0.700. The third-order valence-electron chi connectivity index (χ3n) is 5.27. The van der Waals surface area contributed by atoms with E-state index in [4.69, 9.17) is 9.47 Å². The van der Waals surface area contributed by atoms with Gasteiger partial charge >= 0.3 is 5.97 Å². The third kappa shape index (κ3) is 4.89. The molecule has 7 heteroatoms. The number of ether oxygens (including phenoxy) is 2. The van der Waals surface area contributed by atoms with Crippen LogP contribution in [0.2, 0.25) is 0 Å². The second-order valence-corrected chi connectivity index (χ2v) is 9.02. The number of amides is 1. The molecule has 3 unspecified atom stereocenters. The Morgan fingerprint density at radius 2 is 1.96 bits per heavy atom. The highest BCUT2D eigenvalue weighted by atomic mass is 32.1. The number of quaternary nitrogens is 1. The molecule has 3 atom stereocenters. The van der Waals surface area contributed by atoms with Gasteiger partial charge < -0.3 is 19.7 Å². The molecule has 3 rings (SSSR count). The second-order valence-electron chi connectivity index (χ2n) is 7.92. The molecular formula is C20H31N2O4S+. The molecule has 1 aliphatic heterocycles. The number of nitrogens with one attached hydrogen (secondary N) is 2. The van der Waals surface area contributed by atoms with Crippen molar-refractivity contribution in [1.82, 2.24) is 0 Å². The SMILES string of the molecule is CCOC(=O)c1c(NC(=O)C[NH+]2CC(C)OC(C)C2)sc2c1CCC(C)C2. The van der Waals surface area contributed by atoms with Crippen LogP contribution in [0.25, 0.3) is 0 Å². The van der Waals surface area contributed by atoms with E-state index in [2.05, 4.69) is 12.2 Å². The Balaban J connectivity index is 1.75. The molecule has 1 fully saturated rings. The van der Waals surface area contributed by atoms with Gasteiger partial charge in [-0.2, -0.15) is 0 Å². The number of carbonyl (C=O) groups is 2. The summed E-state index contributed by atoms with van der Waals surface area (Å²) in [4.78, 5) is 27.7. The molecule has 27 heavy (non-hydrogen) atoms. The smallest absolute Gasteiger partial charge is 0.341 e. The number of thiophene rings is 1. The Hall–Kier alpha value is -1.44. The molecule has 0 bridgehead atoms. The number of hydrogen-bond donors (Lipinski definition) is 2. The monoisotopic (exact) mass is 395 g/mol. The van der Waals surface area contributed by atoms with Crippen molar-refractivity contribution < 1.29 is 24.0 Å². The van der Waals surface area contributed by atoms with E-state index >= 15 is 0 Å². The molecule has 2 N–H and O–H groups in total. The van der Waals surface area contributed by atoms with E-state index in [0.717, 1.165) is 37.9 Å². The van der Waals surface area contributed by atoms with Gasteiger partial charge in [0.2, 0.25) is 0 Å². The number of anilines is 1. The Morgan fingerprint density at radius 3 is 2.63 bits per heavy atom. The van der Waals surface area contributed by atoms with E-state index in [1.165, 1.54) is 9.78 Å². The lowest BCUT2D eigenvalue weighted by Gasteiger charge is -2.31. The molecule has 0 aromatic carbocycles. The van der Waals surface area contributed by atoms with Crippen molar-refractivity contribution in [3.63, 3.8) is 0 Å². The number of carbonyl (C=O) groups excluding carboxylic acids is 2. The molecule has 6 nitrogen and oxygen atoms in total. The fourth-order valence-electron chi connectivity index (χ4n) is 4.19. The van der Waals surface area contributed by atoms with Gasteiger partial charge in [0, 0.05) is 4.88 Å². The lowest BCUT2D eigenvalue weighted by Crippen LogP contribution is -3.16. The first kappa shape index (κ1) is 20.3. The Labute approximate surface area is 165 Å². The van der Waals surface area contributed by atoms with Crippen LogP contribution in [0.15, 0.2) is 0 Å². The van der Waals surface area contributed by atoms with Crippen molar-refractivity contribution in [1.29, 1.82) is 0 Å². The molecular weight excluding hydrogens is 364 g/mol. The molecule has 1 amide bonds. The first-order valence-corrected chi connectivity index (χ1v) is 10.8. The number of esters is 1. The van der Waals surface area contributed by atoms with Gasteiger partial charge in [0.05, 0.1) is 12.2 Å². The quantitative estimate of drug-likeness (QED) is 0.745. The van der Waals surface area contributed by atoms with E-state index in [1.54, 1.807) is 18.3 Å². The van der Waals surface area contributed by atoms with Crippen LogP contribution in [0.5, 0.6) is 0 Å². The van der Waals surface area contributed by atoms with E-state index in [0.29, 0.717) is 29.6 Å². The van der Waals surface area contributed by atoms with Crippen LogP contribution in [0, 0.1) is 5.92 Å². The standard InChI is InChI=1S/C20H30N2O4S/c1-5-25-20(24)18-15-7-6-12(2)8-16(15)27-19(18)21-17(23)11-22-9-13(3)26-14(4)10-22/h12-14H,5-11H2,1-4H3,(H,21,23)/p+1. The second kappa shape index (κ2) is 8.71. The minimum Gasteiger partial charge on any atom is -0.462 e. The minimum absolute atomic E-state index is 0.0523. The predicted octanol–water partition coefficient (Wildman–Crippen LogP) is 1.68. The average Bonchev–Trinajstić information content (AvgIpc) is 2.90. The first-order valence-electron chi connectivity index (χ1n) is 9.97. The molecule has 1 aromatic rings. The van der Waals surface area contributed by atoms with Crippen LogP contribution in [-0.4, -0.2) is 50.3 Å². The van der Waals surface area contributed by atoms with E-state index in [1.807, 2.05) is 13.8 Å². The maximum atomic E-state index is 12.7. The molecule has 150 valence electrons. The van der Waals surface area contributed by atoms with Crippen molar-refractivity contribution >= 4 is 28.2 Å². The van der Waals surface area contributed by atoms with E-state index in [9.17, 15) is 9.59 Å². The van der Waals surface area contributed by atoms with Gasteiger partial charge in [0.15, 0.2) is 6.54 Å². The lowest BCUT2D eigenvalue weighted by molar-refractivity contribution is -0.907. The molecule has 2 heterocycles. The molecule has 1 aromatic heterocycles. The normalized spacial score (nSPS) is 27.7. The highest BCUT2D eigenvalue weighted by Crippen LogP contribution is 2.40. The maximum absolute atomic E-state index is 12.7. The van der Waals surface area contributed by atoms with Crippen molar-refractivity contribution in [3.8, 4) is 0 Å². The predicted molar refractivity (Wildman–Crippen MR) is 106 cm³/mol. The van der Waals surface area contributed by atoms with Crippen LogP contribution in [0.3, 0.4) is 0 Å². The van der Waals surface area contributed by atoms with Crippen LogP contribution < -0.4 is 10.2 Å². The summed E-state index contributed by atoms with van der Waals surface area (Å²) in [5, 5.41) is 3.67. The van der Waals surface area contributed by atoms with Crippen LogP contribution in [0.1, 0.15) is 54.9 Å². The largest absolute Gasteiger partial charge is 0.462 e. The summed E-state index contributed by atoms with van der Waals surface area (Å²) in [5.41, 5.74) is 1.66. The Morgan fingerprint density at radius 1 is 1.26 bits per heavy atom. The zero-order valence-corrected chi connectivity index (χ0v) is 17.5. The zero-order valence-electron chi connectivity index (χ0n) is 16.7. The van der Waals surface area contributed by atoms with Crippen molar-refractivity contribution in [3.05, 3.63) is 16.0 Å². The average molecular weight is 396 g/mol. The summed E-state index contributed by atoms with van der Waals surface area (Å²) >= 11 is 1.54. The van der Waals surface area contributed by atoms with E-state index in [-0.39, 0.29) is 24.1 Å². The summed E-state index contributed by atoms with van der Waals surface area (Å²) < 4.78 is 11.0. The van der Waals surface area contributed by atoms with Gasteiger partial charge in [-0.05, 0) is 51.5 Å². The highest BCUT2D eigenvalue weighted by Gasteiger charge is 2.31. The van der Waals surface area contributed by atoms with Gasteiger partial charge in [0.25, 0.3) is 5.91 Å².